The number of carboxylic acids is 1. The monoisotopic (exact) mass is 342 g/mol. The van der Waals surface area contributed by atoms with E-state index in [1.165, 1.54) is 0 Å². The smallest absolute Gasteiger partial charge is 0.416 e. The Labute approximate surface area is 126 Å². The highest BCUT2D eigenvalue weighted by Crippen LogP contribution is 2.37. The molecule has 0 saturated carbocycles. The molecule has 0 fully saturated rings. The number of rotatable bonds is 6. The van der Waals surface area contributed by atoms with Gasteiger partial charge in [-0.15, -0.1) is 11.6 Å². The minimum Gasteiger partial charge on any atom is -0.478 e. The molecule has 0 aliphatic carbocycles. The van der Waals surface area contributed by atoms with E-state index in [0.717, 1.165) is 0 Å². The number of alkyl halides is 4. The van der Waals surface area contributed by atoms with E-state index in [-0.39, 0.29) is 24.6 Å². The van der Waals surface area contributed by atoms with Crippen LogP contribution in [0.25, 0.3) is 0 Å². The van der Waals surface area contributed by atoms with Gasteiger partial charge in [0.25, 0.3) is 5.69 Å². The molecule has 0 amide bonds. The van der Waals surface area contributed by atoms with Crippen LogP contribution in [0.4, 0.5) is 24.5 Å². The Balaban J connectivity index is 3.44. The predicted octanol–water partition coefficient (Wildman–Crippen LogP) is 2.32. The molecular formula is C11H10ClF3N2O5. The number of benzene rings is 1. The molecule has 1 aromatic carbocycles. The van der Waals surface area contributed by atoms with Crippen LogP contribution in [-0.4, -0.2) is 39.6 Å². The Bertz CT molecular complexity index is 559. The van der Waals surface area contributed by atoms with Crippen LogP contribution in [0.1, 0.15) is 15.9 Å². The molecule has 0 aromatic heterocycles. The second kappa shape index (κ2) is 6.79. The quantitative estimate of drug-likeness (QED) is 0.415. The lowest BCUT2D eigenvalue weighted by Gasteiger charge is -2.15. The lowest BCUT2D eigenvalue weighted by molar-refractivity contribution is -0.384. The van der Waals surface area contributed by atoms with Crippen molar-refractivity contribution in [1.29, 1.82) is 0 Å². The zero-order chi connectivity index (χ0) is 17.1. The second-order valence-electron chi connectivity index (χ2n) is 4.17. The van der Waals surface area contributed by atoms with E-state index in [1.54, 1.807) is 0 Å². The Morgan fingerprint density at radius 3 is 2.45 bits per heavy atom. The third-order valence-electron chi connectivity index (χ3n) is 2.56. The molecule has 122 valence electrons. The van der Waals surface area contributed by atoms with E-state index >= 15 is 0 Å². The normalized spacial score (nSPS) is 12.8. The van der Waals surface area contributed by atoms with Crippen LogP contribution in [0.5, 0.6) is 0 Å². The van der Waals surface area contributed by atoms with Gasteiger partial charge in [0.15, 0.2) is 0 Å². The van der Waals surface area contributed by atoms with Gasteiger partial charge in [-0.25, -0.2) is 4.79 Å². The van der Waals surface area contributed by atoms with E-state index in [1.807, 2.05) is 0 Å². The maximum atomic E-state index is 12.7. The van der Waals surface area contributed by atoms with Crippen molar-refractivity contribution in [2.75, 3.05) is 17.7 Å². The predicted molar refractivity (Wildman–Crippen MR) is 70.3 cm³/mol. The summed E-state index contributed by atoms with van der Waals surface area (Å²) in [5, 5.41) is 31.4. The number of hydrogen-bond donors (Lipinski definition) is 3. The number of aliphatic hydroxyl groups is 1. The van der Waals surface area contributed by atoms with E-state index in [4.69, 9.17) is 16.7 Å². The number of nitrogens with one attached hydrogen (secondary N) is 1. The van der Waals surface area contributed by atoms with Crippen LogP contribution in [0, 0.1) is 10.1 Å². The fourth-order valence-electron chi connectivity index (χ4n) is 1.56. The molecule has 1 aromatic rings. The number of nitrogens with zero attached hydrogens (tertiary/aromatic N) is 1. The Hall–Kier alpha value is -2.07. The number of halogens is 4. The van der Waals surface area contributed by atoms with E-state index in [9.17, 15) is 33.2 Å². The number of carboxylic acid groups (broad SMARTS) is 1. The number of aliphatic hydroxyl groups excluding tert-OH is 1. The maximum absolute atomic E-state index is 12.7. The second-order valence-corrected chi connectivity index (χ2v) is 4.48. The average molecular weight is 343 g/mol. The van der Waals surface area contributed by atoms with Gasteiger partial charge in [-0.1, -0.05) is 0 Å². The van der Waals surface area contributed by atoms with Crippen LogP contribution in [0.15, 0.2) is 12.1 Å². The van der Waals surface area contributed by atoms with Crippen molar-refractivity contribution in [2.45, 2.75) is 12.3 Å². The molecule has 0 bridgehead atoms. The number of aromatic carboxylic acids is 1. The van der Waals surface area contributed by atoms with Crippen LogP contribution in [0.3, 0.4) is 0 Å². The summed E-state index contributed by atoms with van der Waals surface area (Å²) in [6.45, 7) is -0.365. The van der Waals surface area contributed by atoms with Gasteiger partial charge >= 0.3 is 12.1 Å². The molecule has 1 unspecified atom stereocenters. The van der Waals surface area contributed by atoms with Gasteiger partial charge in [-0.05, 0) is 6.07 Å². The van der Waals surface area contributed by atoms with Crippen LogP contribution >= 0.6 is 11.6 Å². The first-order valence-corrected chi connectivity index (χ1v) is 6.22. The first kappa shape index (κ1) is 18.0. The SMILES string of the molecule is O=C(O)c1cc(C(F)(F)F)cc([N+](=O)[O-])c1NCC(O)CCl. The molecule has 0 aliphatic heterocycles. The Morgan fingerprint density at radius 1 is 1.45 bits per heavy atom. The molecule has 22 heavy (non-hydrogen) atoms. The highest BCUT2D eigenvalue weighted by Gasteiger charge is 2.35. The van der Waals surface area contributed by atoms with E-state index in [2.05, 4.69) is 5.32 Å². The Kier molecular flexibility index (Phi) is 5.55. The van der Waals surface area contributed by atoms with Gasteiger partial charge in [0.1, 0.15) is 5.69 Å². The summed E-state index contributed by atoms with van der Waals surface area (Å²) in [7, 11) is 0. The zero-order valence-electron chi connectivity index (χ0n) is 10.7. The van der Waals surface area contributed by atoms with Crippen LogP contribution in [-0.2, 0) is 6.18 Å². The number of carbonyl (C=O) groups is 1. The largest absolute Gasteiger partial charge is 0.478 e. The number of hydrogen-bond acceptors (Lipinski definition) is 5. The van der Waals surface area contributed by atoms with Crippen LogP contribution < -0.4 is 5.32 Å². The van der Waals surface area contributed by atoms with Crippen molar-refractivity contribution in [1.82, 2.24) is 0 Å². The maximum Gasteiger partial charge on any atom is 0.416 e. The molecule has 0 heterocycles. The highest BCUT2D eigenvalue weighted by molar-refractivity contribution is 6.18. The summed E-state index contributed by atoms with van der Waals surface area (Å²) in [5.41, 5.74) is -4.08. The fourth-order valence-corrected chi connectivity index (χ4v) is 1.67. The van der Waals surface area contributed by atoms with Crippen molar-refractivity contribution >= 4 is 28.9 Å². The first-order chi connectivity index (χ1) is 10.1. The fraction of sp³-hybridized carbons (Fsp3) is 0.364. The first-order valence-electron chi connectivity index (χ1n) is 5.68. The number of nitro groups is 1. The average Bonchev–Trinajstić information content (AvgIpc) is 2.42. The highest BCUT2D eigenvalue weighted by atomic mass is 35.5. The lowest BCUT2D eigenvalue weighted by atomic mass is 10.1. The van der Waals surface area contributed by atoms with Crippen molar-refractivity contribution in [3.05, 3.63) is 33.4 Å². The molecule has 0 aliphatic rings. The summed E-state index contributed by atoms with van der Waals surface area (Å²) in [6.07, 6.45) is -6.10. The van der Waals surface area contributed by atoms with Gasteiger partial charge in [0, 0.05) is 12.6 Å². The molecule has 0 radical (unpaired) electrons. The van der Waals surface area contributed by atoms with Gasteiger partial charge in [-0.3, -0.25) is 10.1 Å². The molecule has 3 N–H and O–H groups in total. The summed E-state index contributed by atoms with van der Waals surface area (Å²) in [6, 6.07) is 0.507. The zero-order valence-corrected chi connectivity index (χ0v) is 11.5. The summed E-state index contributed by atoms with van der Waals surface area (Å²) >= 11 is 5.32. The molecular weight excluding hydrogens is 333 g/mol. The lowest BCUT2D eigenvalue weighted by Crippen LogP contribution is -2.23. The van der Waals surface area contributed by atoms with Crippen molar-refractivity contribution in [2.24, 2.45) is 0 Å². The van der Waals surface area contributed by atoms with Gasteiger partial charge in [-0.2, -0.15) is 13.2 Å². The van der Waals surface area contributed by atoms with Gasteiger partial charge in [0.2, 0.25) is 0 Å². The van der Waals surface area contributed by atoms with Crippen LogP contribution in [0.2, 0.25) is 0 Å². The van der Waals surface area contributed by atoms with E-state index < -0.39 is 45.7 Å². The summed E-state index contributed by atoms with van der Waals surface area (Å²) in [4.78, 5) is 20.8. The molecule has 0 spiro atoms. The van der Waals surface area contributed by atoms with Gasteiger partial charge in [0.05, 0.1) is 28.0 Å². The van der Waals surface area contributed by atoms with E-state index in [0.29, 0.717) is 0 Å². The Morgan fingerprint density at radius 2 is 2.05 bits per heavy atom. The molecule has 1 rings (SSSR count). The number of anilines is 1. The minimum atomic E-state index is -4.94. The standard InChI is InChI=1S/C11H10ClF3N2O5/c12-3-6(18)4-16-9-7(10(19)20)1-5(11(13,14)15)2-8(9)17(21)22/h1-2,6,16,18H,3-4H2,(H,19,20). The van der Waals surface area contributed by atoms with Crippen molar-refractivity contribution in [3.63, 3.8) is 0 Å². The molecule has 1 atom stereocenters. The van der Waals surface area contributed by atoms with Crippen molar-refractivity contribution in [3.8, 4) is 0 Å². The summed E-state index contributed by atoms with van der Waals surface area (Å²) < 4.78 is 38.0. The molecule has 11 heteroatoms. The molecule has 0 saturated heterocycles. The molecule has 7 nitrogen and oxygen atoms in total. The minimum absolute atomic E-state index is 0.224. The number of nitro benzene ring substituents is 1. The topological polar surface area (TPSA) is 113 Å². The third kappa shape index (κ3) is 4.21. The summed E-state index contributed by atoms with van der Waals surface area (Å²) in [5.74, 6) is -2.03. The van der Waals surface area contributed by atoms with Crippen molar-refractivity contribution < 1.29 is 33.1 Å². The third-order valence-corrected chi connectivity index (χ3v) is 2.92. The van der Waals surface area contributed by atoms with Gasteiger partial charge < -0.3 is 15.5 Å².